The summed E-state index contributed by atoms with van der Waals surface area (Å²) in [5, 5.41) is 3.80. The molecule has 2 aliphatic rings. The Balaban J connectivity index is 1.36. The number of aromatic nitrogens is 3. The molecule has 5 rings (SSSR count). The predicted molar refractivity (Wildman–Crippen MR) is 120 cm³/mol. The summed E-state index contributed by atoms with van der Waals surface area (Å²) in [6.07, 6.45) is 5.35. The Kier molecular flexibility index (Phi) is 5.54. The number of amides is 1. The van der Waals surface area contributed by atoms with Crippen LogP contribution in [0.5, 0.6) is 5.75 Å². The minimum Gasteiger partial charge on any atom is -0.494 e. The number of rotatable bonds is 6. The van der Waals surface area contributed by atoms with E-state index in [1.165, 1.54) is 35.4 Å². The first-order valence-electron chi connectivity index (χ1n) is 10.8. The number of anilines is 1. The van der Waals surface area contributed by atoms with Gasteiger partial charge in [-0.1, -0.05) is 17.4 Å². The molecule has 0 spiro atoms. The largest absolute Gasteiger partial charge is 0.494 e. The third-order valence-corrected chi connectivity index (χ3v) is 7.02. The number of piperidine rings is 1. The molecule has 8 nitrogen and oxygen atoms in total. The van der Waals surface area contributed by atoms with Crippen molar-refractivity contribution in [1.29, 1.82) is 0 Å². The number of thiazole rings is 1. The Labute approximate surface area is 188 Å². The number of benzene rings is 1. The van der Waals surface area contributed by atoms with Gasteiger partial charge >= 0.3 is 0 Å². The molecule has 3 aromatic rings. The van der Waals surface area contributed by atoms with E-state index in [0.29, 0.717) is 33.6 Å². The van der Waals surface area contributed by atoms with E-state index in [2.05, 4.69) is 20.2 Å². The number of hydrogen-bond acceptors (Lipinski definition) is 7. The van der Waals surface area contributed by atoms with Crippen LogP contribution in [0.4, 0.5) is 9.52 Å². The summed E-state index contributed by atoms with van der Waals surface area (Å²) in [5.41, 5.74) is 0.823. The number of nitrogens with one attached hydrogen (secondary N) is 1. The Bertz CT molecular complexity index is 1220. The lowest BCUT2D eigenvalue weighted by Crippen LogP contribution is -2.43. The lowest BCUT2D eigenvalue weighted by atomic mass is 9.97. The molecule has 1 aliphatic carbocycles. The number of ether oxygens (including phenoxy) is 1. The maximum Gasteiger partial charge on any atom is 0.273 e. The fourth-order valence-electron chi connectivity index (χ4n) is 4.00. The molecule has 1 unspecified atom stereocenters. The van der Waals surface area contributed by atoms with Crippen molar-refractivity contribution in [3.05, 3.63) is 46.3 Å². The highest BCUT2D eigenvalue weighted by molar-refractivity contribution is 7.22. The van der Waals surface area contributed by atoms with Crippen LogP contribution in [-0.2, 0) is 11.3 Å². The van der Waals surface area contributed by atoms with Crippen molar-refractivity contribution in [2.45, 2.75) is 38.3 Å². The molecule has 1 atom stereocenters. The normalized spacial score (nSPS) is 18.7. The van der Waals surface area contributed by atoms with Crippen LogP contribution in [0, 0.1) is 11.7 Å². The lowest BCUT2D eigenvalue weighted by Gasteiger charge is -2.31. The van der Waals surface area contributed by atoms with Gasteiger partial charge in [0.25, 0.3) is 5.56 Å². The monoisotopic (exact) mass is 457 g/mol. The van der Waals surface area contributed by atoms with Gasteiger partial charge in [0.1, 0.15) is 11.0 Å². The van der Waals surface area contributed by atoms with E-state index in [-0.39, 0.29) is 29.7 Å². The zero-order chi connectivity index (χ0) is 22.2. The highest BCUT2D eigenvalue weighted by Gasteiger charge is 2.31. The molecule has 10 heteroatoms. The molecule has 3 heterocycles. The maximum atomic E-state index is 14.0. The molecular formula is C22H24FN5O3S. The maximum absolute atomic E-state index is 14.0. The van der Waals surface area contributed by atoms with Gasteiger partial charge < -0.3 is 15.0 Å². The summed E-state index contributed by atoms with van der Waals surface area (Å²) >= 11 is 1.30. The van der Waals surface area contributed by atoms with Gasteiger partial charge in [-0.2, -0.15) is 4.98 Å². The molecule has 1 amide bonds. The van der Waals surface area contributed by atoms with Crippen molar-refractivity contribution in [3.8, 4) is 5.75 Å². The standard InChI is InChI=1S/C22H24FN5O3S/c1-31-17-7-4-13(9-16(17)23)10-28-12-24-19-18(21(28)30)32-22(26-19)27-8-2-3-14(11-27)20(29)25-15-5-6-15/h4,7,9,12,14-15H,2-3,5-6,8,10-11H2,1H3,(H,25,29). The first-order chi connectivity index (χ1) is 15.5. The van der Waals surface area contributed by atoms with Gasteiger partial charge in [-0.25, -0.2) is 9.37 Å². The molecule has 32 heavy (non-hydrogen) atoms. The fourth-order valence-corrected chi connectivity index (χ4v) is 5.00. The second-order valence-electron chi connectivity index (χ2n) is 8.36. The highest BCUT2D eigenvalue weighted by Crippen LogP contribution is 2.30. The minimum atomic E-state index is -0.475. The summed E-state index contributed by atoms with van der Waals surface area (Å²) in [5.74, 6) is -0.263. The summed E-state index contributed by atoms with van der Waals surface area (Å²) in [6, 6.07) is 4.96. The Morgan fingerprint density at radius 1 is 1.34 bits per heavy atom. The van der Waals surface area contributed by atoms with Crippen LogP contribution in [-0.4, -0.2) is 46.7 Å². The van der Waals surface area contributed by atoms with Crippen molar-refractivity contribution in [1.82, 2.24) is 19.9 Å². The Morgan fingerprint density at radius 3 is 2.94 bits per heavy atom. The average Bonchev–Trinajstić information content (AvgIpc) is 3.50. The summed E-state index contributed by atoms with van der Waals surface area (Å²) in [6.45, 7) is 1.59. The molecular weight excluding hydrogens is 433 g/mol. The number of methoxy groups -OCH3 is 1. The quantitative estimate of drug-likeness (QED) is 0.612. The summed E-state index contributed by atoms with van der Waals surface area (Å²) in [4.78, 5) is 36.5. The first-order valence-corrected chi connectivity index (χ1v) is 11.6. The van der Waals surface area contributed by atoms with Gasteiger partial charge in [0, 0.05) is 19.1 Å². The van der Waals surface area contributed by atoms with Crippen LogP contribution in [0.15, 0.2) is 29.3 Å². The smallest absolute Gasteiger partial charge is 0.273 e. The molecule has 2 aromatic heterocycles. The number of carbonyl (C=O) groups excluding carboxylic acids is 1. The zero-order valence-corrected chi connectivity index (χ0v) is 18.5. The zero-order valence-electron chi connectivity index (χ0n) is 17.7. The van der Waals surface area contributed by atoms with E-state index < -0.39 is 5.82 Å². The molecule has 1 aromatic carbocycles. The second-order valence-corrected chi connectivity index (χ2v) is 9.34. The third kappa shape index (κ3) is 4.19. The van der Waals surface area contributed by atoms with Gasteiger partial charge in [-0.05, 0) is 43.4 Å². The van der Waals surface area contributed by atoms with E-state index in [1.807, 2.05) is 0 Å². The number of carbonyl (C=O) groups is 1. The molecule has 2 fully saturated rings. The summed E-state index contributed by atoms with van der Waals surface area (Å²) in [7, 11) is 1.41. The van der Waals surface area contributed by atoms with Gasteiger partial charge in [0.2, 0.25) is 5.91 Å². The molecule has 1 saturated heterocycles. The molecule has 1 saturated carbocycles. The van der Waals surface area contributed by atoms with Gasteiger partial charge in [-0.3, -0.25) is 14.2 Å². The second kappa shape index (κ2) is 8.50. The van der Waals surface area contributed by atoms with Gasteiger partial charge in [-0.15, -0.1) is 0 Å². The van der Waals surface area contributed by atoms with Crippen LogP contribution in [0.25, 0.3) is 10.3 Å². The average molecular weight is 458 g/mol. The van der Waals surface area contributed by atoms with Crippen LogP contribution < -0.4 is 20.5 Å². The summed E-state index contributed by atoms with van der Waals surface area (Å²) < 4.78 is 20.9. The van der Waals surface area contributed by atoms with Crippen molar-refractivity contribution in [2.24, 2.45) is 5.92 Å². The SMILES string of the molecule is COc1ccc(Cn2cnc3nc(N4CCCC(C(=O)NC5CC5)C4)sc3c2=O)cc1F. The van der Waals surface area contributed by atoms with Crippen molar-refractivity contribution < 1.29 is 13.9 Å². The van der Waals surface area contributed by atoms with Crippen molar-refractivity contribution >= 4 is 32.7 Å². The van der Waals surface area contributed by atoms with Gasteiger partial charge in [0.05, 0.1) is 19.6 Å². The molecule has 168 valence electrons. The predicted octanol–water partition coefficient (Wildman–Crippen LogP) is 2.54. The minimum absolute atomic E-state index is 0.0639. The number of nitrogens with zero attached hydrogens (tertiary/aromatic N) is 4. The molecule has 1 aliphatic heterocycles. The number of hydrogen-bond donors (Lipinski definition) is 1. The lowest BCUT2D eigenvalue weighted by molar-refractivity contribution is -0.125. The van der Waals surface area contributed by atoms with Crippen molar-refractivity contribution in [2.75, 3.05) is 25.1 Å². The number of halogens is 1. The number of fused-ring (bicyclic) bond motifs is 1. The van der Waals surface area contributed by atoms with Gasteiger partial charge in [0.15, 0.2) is 22.3 Å². The molecule has 0 radical (unpaired) electrons. The highest BCUT2D eigenvalue weighted by atomic mass is 32.1. The van der Waals surface area contributed by atoms with Crippen LogP contribution in [0.2, 0.25) is 0 Å². The Hall–Kier alpha value is -3.01. The topological polar surface area (TPSA) is 89.3 Å². The third-order valence-electron chi connectivity index (χ3n) is 5.93. The molecule has 0 bridgehead atoms. The van der Waals surface area contributed by atoms with E-state index in [1.54, 1.807) is 12.1 Å². The fraction of sp³-hybridized carbons (Fsp3) is 0.455. The van der Waals surface area contributed by atoms with E-state index in [9.17, 15) is 14.0 Å². The first kappa shape index (κ1) is 20.9. The van der Waals surface area contributed by atoms with E-state index in [0.717, 1.165) is 32.2 Å². The van der Waals surface area contributed by atoms with Crippen molar-refractivity contribution in [3.63, 3.8) is 0 Å². The molecule has 1 N–H and O–H groups in total. The van der Waals surface area contributed by atoms with Crippen LogP contribution in [0.1, 0.15) is 31.2 Å². The van der Waals surface area contributed by atoms with Crippen LogP contribution >= 0.6 is 11.3 Å². The van der Waals surface area contributed by atoms with E-state index in [4.69, 9.17) is 4.74 Å². The van der Waals surface area contributed by atoms with Crippen LogP contribution in [0.3, 0.4) is 0 Å². The van der Waals surface area contributed by atoms with E-state index >= 15 is 0 Å². The Morgan fingerprint density at radius 2 is 2.19 bits per heavy atom.